The molecule has 0 aliphatic carbocycles. The van der Waals surface area contributed by atoms with Crippen LogP contribution in [0.3, 0.4) is 0 Å². The van der Waals surface area contributed by atoms with Crippen molar-refractivity contribution in [2.45, 2.75) is 45.6 Å². The molecule has 5 nitrogen and oxygen atoms in total. The predicted octanol–water partition coefficient (Wildman–Crippen LogP) is 1.36. The van der Waals surface area contributed by atoms with Crippen molar-refractivity contribution >= 4 is 5.78 Å². The average Bonchev–Trinajstić information content (AvgIpc) is 2.96. The number of aromatic nitrogens is 3. The molecule has 1 aliphatic rings. The molecule has 2 rings (SSSR count). The van der Waals surface area contributed by atoms with Crippen LogP contribution in [0.5, 0.6) is 0 Å². The van der Waals surface area contributed by atoms with Gasteiger partial charge in [-0.2, -0.15) is 5.10 Å². The summed E-state index contributed by atoms with van der Waals surface area (Å²) in [7, 11) is 0. The number of nitrogens with zero attached hydrogens (tertiary/aromatic N) is 3. The molecule has 1 aliphatic heterocycles. The van der Waals surface area contributed by atoms with Gasteiger partial charge in [0.15, 0.2) is 0 Å². The van der Waals surface area contributed by atoms with E-state index in [0.29, 0.717) is 18.8 Å². The van der Waals surface area contributed by atoms with Crippen molar-refractivity contribution in [2.75, 3.05) is 13.1 Å². The molecule has 1 atom stereocenters. The van der Waals surface area contributed by atoms with E-state index >= 15 is 0 Å². The average molecular weight is 250 g/mol. The quantitative estimate of drug-likeness (QED) is 0.828. The summed E-state index contributed by atoms with van der Waals surface area (Å²) in [5.41, 5.74) is 0. The zero-order valence-electron chi connectivity index (χ0n) is 11.2. The number of hydrogen-bond acceptors (Lipinski definition) is 4. The van der Waals surface area contributed by atoms with Gasteiger partial charge < -0.3 is 5.32 Å². The number of hydrogen-bond donors (Lipinski definition) is 1. The third-order valence-corrected chi connectivity index (χ3v) is 3.49. The van der Waals surface area contributed by atoms with Gasteiger partial charge in [-0.15, -0.1) is 0 Å². The molecular weight excluding hydrogens is 228 g/mol. The van der Waals surface area contributed by atoms with Gasteiger partial charge >= 0.3 is 0 Å². The Hall–Kier alpha value is -1.23. The van der Waals surface area contributed by atoms with Crippen molar-refractivity contribution in [3.05, 3.63) is 12.2 Å². The van der Waals surface area contributed by atoms with Crippen LogP contribution in [0, 0.1) is 5.92 Å². The van der Waals surface area contributed by atoms with E-state index in [0.717, 1.165) is 25.3 Å². The maximum Gasteiger partial charge on any atom is 0.140 e. The zero-order valence-corrected chi connectivity index (χ0v) is 11.2. The maximum absolute atomic E-state index is 11.9. The van der Waals surface area contributed by atoms with Crippen LogP contribution in [0.15, 0.2) is 6.33 Å². The van der Waals surface area contributed by atoms with E-state index in [9.17, 15) is 4.79 Å². The van der Waals surface area contributed by atoms with Crippen LogP contribution >= 0.6 is 0 Å². The van der Waals surface area contributed by atoms with Gasteiger partial charge in [-0.25, -0.2) is 9.67 Å². The monoisotopic (exact) mass is 250 g/mol. The molecular formula is C13H22N4O. The van der Waals surface area contributed by atoms with Gasteiger partial charge in [0.25, 0.3) is 0 Å². The van der Waals surface area contributed by atoms with Gasteiger partial charge in [-0.1, -0.05) is 0 Å². The molecule has 0 amide bonds. The Balaban J connectivity index is 1.81. The van der Waals surface area contributed by atoms with E-state index in [2.05, 4.69) is 15.4 Å². The van der Waals surface area contributed by atoms with Gasteiger partial charge in [0.1, 0.15) is 17.9 Å². The molecule has 1 N–H and O–H groups in total. The smallest absolute Gasteiger partial charge is 0.140 e. The number of ketones is 1. The summed E-state index contributed by atoms with van der Waals surface area (Å²) >= 11 is 0. The standard InChI is InChI=1S/C13H22N4O/c1-10(2)17-13(15-9-16-17)7-12(18)4-3-11-5-6-14-8-11/h9-11,14H,3-8H2,1-2H3. The first-order valence-corrected chi connectivity index (χ1v) is 6.77. The van der Waals surface area contributed by atoms with Crippen LogP contribution in [0.2, 0.25) is 0 Å². The van der Waals surface area contributed by atoms with Gasteiger partial charge in [-0.3, -0.25) is 4.79 Å². The van der Waals surface area contributed by atoms with Crippen LogP contribution in [-0.4, -0.2) is 33.6 Å². The number of carbonyl (C=O) groups excluding carboxylic acids is 1. The van der Waals surface area contributed by atoms with Gasteiger partial charge in [-0.05, 0) is 45.7 Å². The Morgan fingerprint density at radius 3 is 3.11 bits per heavy atom. The first kappa shape index (κ1) is 13.2. The third-order valence-electron chi connectivity index (χ3n) is 3.49. The highest BCUT2D eigenvalue weighted by atomic mass is 16.1. The largest absolute Gasteiger partial charge is 0.316 e. The Morgan fingerprint density at radius 2 is 2.44 bits per heavy atom. The predicted molar refractivity (Wildman–Crippen MR) is 69.3 cm³/mol. The van der Waals surface area contributed by atoms with E-state index in [1.807, 2.05) is 18.5 Å². The second-order valence-electron chi connectivity index (χ2n) is 5.33. The zero-order chi connectivity index (χ0) is 13.0. The van der Waals surface area contributed by atoms with Crippen LogP contribution in [-0.2, 0) is 11.2 Å². The highest BCUT2D eigenvalue weighted by Gasteiger charge is 2.17. The Kier molecular flexibility index (Phi) is 4.47. The minimum absolute atomic E-state index is 0.259. The molecule has 1 unspecified atom stereocenters. The molecule has 0 bridgehead atoms. The van der Waals surface area contributed by atoms with Crippen molar-refractivity contribution < 1.29 is 4.79 Å². The SMILES string of the molecule is CC(C)n1ncnc1CC(=O)CCC1CCNC1. The molecule has 1 fully saturated rings. The fourth-order valence-corrected chi connectivity index (χ4v) is 2.42. The maximum atomic E-state index is 11.9. The molecule has 0 spiro atoms. The molecule has 18 heavy (non-hydrogen) atoms. The van der Waals surface area contributed by atoms with Crippen molar-refractivity contribution in [1.29, 1.82) is 0 Å². The fourth-order valence-electron chi connectivity index (χ4n) is 2.42. The summed E-state index contributed by atoms with van der Waals surface area (Å²) in [6.07, 6.45) is 4.82. The highest BCUT2D eigenvalue weighted by Crippen LogP contribution is 2.15. The van der Waals surface area contributed by atoms with Gasteiger partial charge in [0, 0.05) is 12.5 Å². The van der Waals surface area contributed by atoms with Gasteiger partial charge in [0.2, 0.25) is 0 Å². The lowest BCUT2D eigenvalue weighted by Gasteiger charge is -2.10. The Labute approximate surface area is 108 Å². The Morgan fingerprint density at radius 1 is 1.61 bits per heavy atom. The topological polar surface area (TPSA) is 59.8 Å². The molecule has 2 heterocycles. The van der Waals surface area contributed by atoms with E-state index < -0.39 is 0 Å². The van der Waals surface area contributed by atoms with E-state index in [4.69, 9.17) is 0 Å². The van der Waals surface area contributed by atoms with Crippen molar-refractivity contribution in [3.63, 3.8) is 0 Å². The van der Waals surface area contributed by atoms with Crippen LogP contribution in [0.1, 0.15) is 45.0 Å². The molecule has 0 radical (unpaired) electrons. The summed E-state index contributed by atoms with van der Waals surface area (Å²) in [4.78, 5) is 16.1. The lowest BCUT2D eigenvalue weighted by molar-refractivity contribution is -0.118. The van der Waals surface area contributed by atoms with Crippen molar-refractivity contribution in [2.24, 2.45) is 5.92 Å². The van der Waals surface area contributed by atoms with Crippen molar-refractivity contribution in [3.8, 4) is 0 Å². The molecule has 5 heteroatoms. The van der Waals surface area contributed by atoms with Crippen molar-refractivity contribution in [1.82, 2.24) is 20.1 Å². The molecule has 0 aromatic carbocycles. The first-order chi connectivity index (χ1) is 8.66. The summed E-state index contributed by atoms with van der Waals surface area (Å²) < 4.78 is 1.83. The number of carbonyl (C=O) groups is 1. The summed E-state index contributed by atoms with van der Waals surface area (Å²) in [5, 5.41) is 7.48. The molecule has 1 aromatic rings. The second kappa shape index (κ2) is 6.09. The third kappa shape index (κ3) is 3.38. The summed E-state index contributed by atoms with van der Waals surface area (Å²) in [5.74, 6) is 1.74. The fraction of sp³-hybridized carbons (Fsp3) is 0.769. The van der Waals surface area contributed by atoms with Gasteiger partial charge in [0.05, 0.1) is 6.42 Å². The van der Waals surface area contributed by atoms with E-state index in [1.54, 1.807) is 0 Å². The molecule has 1 saturated heterocycles. The molecule has 0 saturated carbocycles. The van der Waals surface area contributed by atoms with E-state index in [-0.39, 0.29) is 11.8 Å². The minimum Gasteiger partial charge on any atom is -0.316 e. The second-order valence-corrected chi connectivity index (χ2v) is 5.33. The lowest BCUT2D eigenvalue weighted by atomic mass is 10.00. The minimum atomic E-state index is 0.259. The van der Waals surface area contributed by atoms with E-state index in [1.165, 1.54) is 12.7 Å². The van der Waals surface area contributed by atoms with Crippen LogP contribution in [0.4, 0.5) is 0 Å². The summed E-state index contributed by atoms with van der Waals surface area (Å²) in [6.45, 7) is 6.26. The Bertz CT molecular complexity index is 393. The first-order valence-electron chi connectivity index (χ1n) is 6.77. The van der Waals surface area contributed by atoms with Crippen LogP contribution in [0.25, 0.3) is 0 Å². The van der Waals surface area contributed by atoms with Crippen LogP contribution < -0.4 is 5.32 Å². The summed E-state index contributed by atoms with van der Waals surface area (Å²) in [6, 6.07) is 0.259. The lowest BCUT2D eigenvalue weighted by Crippen LogP contribution is -2.14. The normalized spacial score (nSPS) is 19.6. The molecule has 100 valence electrons. The highest BCUT2D eigenvalue weighted by molar-refractivity contribution is 5.80. The molecule has 1 aromatic heterocycles. The number of rotatable bonds is 6. The number of Topliss-reactive ketones (excluding diaryl/α,β-unsaturated/α-hetero) is 1. The number of nitrogens with one attached hydrogen (secondary N) is 1.